The van der Waals surface area contributed by atoms with Crippen molar-refractivity contribution < 1.29 is 14.6 Å². The molecule has 0 fully saturated rings. The summed E-state index contributed by atoms with van der Waals surface area (Å²) in [5, 5.41) is 8.68. The van der Waals surface area contributed by atoms with Gasteiger partial charge in [0, 0.05) is 13.1 Å². The second-order valence-electron chi connectivity index (χ2n) is 5.10. The highest BCUT2D eigenvalue weighted by molar-refractivity contribution is 5.66. The number of benzene rings is 1. The van der Waals surface area contributed by atoms with Crippen LogP contribution >= 0.6 is 0 Å². The van der Waals surface area contributed by atoms with Gasteiger partial charge in [0.25, 0.3) is 0 Å². The minimum Gasteiger partial charge on any atom is -0.494 e. The predicted octanol–water partition coefficient (Wildman–Crippen LogP) is 2.87. The molecular weight excluding hydrogens is 254 g/mol. The summed E-state index contributed by atoms with van der Waals surface area (Å²) in [6, 6.07) is 6.20. The van der Waals surface area contributed by atoms with Crippen LogP contribution in [0.5, 0.6) is 5.75 Å². The van der Waals surface area contributed by atoms with E-state index in [1.54, 1.807) is 0 Å². The van der Waals surface area contributed by atoms with Crippen molar-refractivity contribution in [1.29, 1.82) is 0 Å². The first-order chi connectivity index (χ1) is 9.51. The van der Waals surface area contributed by atoms with E-state index in [-0.39, 0.29) is 6.42 Å². The summed E-state index contributed by atoms with van der Waals surface area (Å²) in [5.74, 6) is 0.172. The largest absolute Gasteiger partial charge is 0.494 e. The van der Waals surface area contributed by atoms with Crippen molar-refractivity contribution in [2.75, 3.05) is 26.2 Å². The van der Waals surface area contributed by atoms with E-state index < -0.39 is 5.97 Å². The number of hydrogen-bond donors (Lipinski definition) is 1. The summed E-state index contributed by atoms with van der Waals surface area (Å²) in [6.45, 7) is 9.18. The van der Waals surface area contributed by atoms with E-state index in [0.717, 1.165) is 25.3 Å². The molecule has 0 aliphatic heterocycles. The highest BCUT2D eigenvalue weighted by atomic mass is 16.5. The second kappa shape index (κ2) is 8.59. The van der Waals surface area contributed by atoms with E-state index in [9.17, 15) is 4.79 Å². The zero-order valence-electron chi connectivity index (χ0n) is 12.7. The molecular formula is C16H25NO3. The van der Waals surface area contributed by atoms with Crippen LogP contribution in [0, 0.1) is 13.8 Å². The van der Waals surface area contributed by atoms with Crippen LogP contribution in [0.15, 0.2) is 18.2 Å². The van der Waals surface area contributed by atoms with E-state index in [0.29, 0.717) is 13.2 Å². The lowest BCUT2D eigenvalue weighted by Crippen LogP contribution is -2.28. The van der Waals surface area contributed by atoms with Crippen LogP contribution in [0.4, 0.5) is 0 Å². The molecule has 0 aliphatic carbocycles. The molecule has 0 heterocycles. The highest BCUT2D eigenvalue weighted by Gasteiger charge is 2.05. The molecule has 0 amide bonds. The van der Waals surface area contributed by atoms with Crippen LogP contribution in [-0.4, -0.2) is 42.2 Å². The number of carboxylic acids is 1. The van der Waals surface area contributed by atoms with Gasteiger partial charge in [-0.15, -0.1) is 0 Å². The molecule has 4 heteroatoms. The van der Waals surface area contributed by atoms with Gasteiger partial charge in [-0.1, -0.05) is 13.0 Å². The van der Waals surface area contributed by atoms with E-state index >= 15 is 0 Å². The number of hydrogen-bond acceptors (Lipinski definition) is 3. The Labute approximate surface area is 121 Å². The van der Waals surface area contributed by atoms with Gasteiger partial charge >= 0.3 is 5.97 Å². The summed E-state index contributed by atoms with van der Waals surface area (Å²) in [4.78, 5) is 12.7. The molecule has 1 aromatic carbocycles. The highest BCUT2D eigenvalue weighted by Crippen LogP contribution is 2.16. The second-order valence-corrected chi connectivity index (χ2v) is 5.10. The summed E-state index contributed by atoms with van der Waals surface area (Å²) in [7, 11) is 0. The molecule has 0 unspecified atom stereocenters. The molecule has 0 atom stereocenters. The molecule has 112 valence electrons. The van der Waals surface area contributed by atoms with Crippen molar-refractivity contribution in [3.8, 4) is 5.75 Å². The number of aliphatic carboxylic acids is 1. The Morgan fingerprint density at radius 1 is 1.20 bits per heavy atom. The predicted molar refractivity (Wildman–Crippen MR) is 80.4 cm³/mol. The number of carbonyl (C=O) groups is 1. The zero-order chi connectivity index (χ0) is 15.0. The summed E-state index contributed by atoms with van der Waals surface area (Å²) in [5.41, 5.74) is 2.41. The molecule has 0 saturated heterocycles. The molecule has 0 aliphatic rings. The average molecular weight is 279 g/mol. The maximum absolute atomic E-state index is 10.5. The lowest BCUT2D eigenvalue weighted by atomic mass is 10.1. The Morgan fingerprint density at radius 3 is 2.40 bits per heavy atom. The fourth-order valence-corrected chi connectivity index (χ4v) is 2.18. The lowest BCUT2D eigenvalue weighted by Gasteiger charge is -2.19. The van der Waals surface area contributed by atoms with Crippen LogP contribution in [-0.2, 0) is 4.79 Å². The zero-order valence-corrected chi connectivity index (χ0v) is 12.7. The van der Waals surface area contributed by atoms with Gasteiger partial charge in [-0.2, -0.15) is 0 Å². The molecule has 0 radical (unpaired) electrons. The first-order valence-electron chi connectivity index (χ1n) is 7.16. The van der Waals surface area contributed by atoms with Gasteiger partial charge in [0.05, 0.1) is 13.0 Å². The van der Waals surface area contributed by atoms with Gasteiger partial charge in [0.15, 0.2) is 0 Å². The Balaban J connectivity index is 2.27. The molecule has 1 aromatic rings. The van der Waals surface area contributed by atoms with Crippen LogP contribution < -0.4 is 4.74 Å². The SMILES string of the molecule is CCN(CCCOc1cc(C)cc(C)c1)CCC(=O)O. The minimum absolute atomic E-state index is 0.200. The third-order valence-corrected chi connectivity index (χ3v) is 3.17. The van der Waals surface area contributed by atoms with E-state index in [4.69, 9.17) is 9.84 Å². The van der Waals surface area contributed by atoms with Crippen molar-refractivity contribution >= 4 is 5.97 Å². The summed E-state index contributed by atoms with van der Waals surface area (Å²) >= 11 is 0. The fourth-order valence-electron chi connectivity index (χ4n) is 2.18. The summed E-state index contributed by atoms with van der Waals surface area (Å²) in [6.07, 6.45) is 1.10. The van der Waals surface area contributed by atoms with Crippen molar-refractivity contribution in [3.63, 3.8) is 0 Å². The van der Waals surface area contributed by atoms with Gasteiger partial charge in [0.1, 0.15) is 5.75 Å². The molecule has 0 spiro atoms. The topological polar surface area (TPSA) is 49.8 Å². The number of rotatable bonds is 9. The van der Waals surface area contributed by atoms with Gasteiger partial charge in [-0.3, -0.25) is 4.79 Å². The first kappa shape index (κ1) is 16.5. The Bertz CT molecular complexity index is 411. The Morgan fingerprint density at radius 2 is 1.85 bits per heavy atom. The van der Waals surface area contributed by atoms with E-state index in [1.165, 1.54) is 11.1 Å². The van der Waals surface area contributed by atoms with Crippen LogP contribution in [0.2, 0.25) is 0 Å². The van der Waals surface area contributed by atoms with Gasteiger partial charge in [-0.05, 0) is 50.1 Å². The van der Waals surface area contributed by atoms with Gasteiger partial charge in [-0.25, -0.2) is 0 Å². The quantitative estimate of drug-likeness (QED) is 0.706. The molecule has 4 nitrogen and oxygen atoms in total. The number of carboxylic acid groups (broad SMARTS) is 1. The monoisotopic (exact) mass is 279 g/mol. The van der Waals surface area contributed by atoms with E-state index in [1.807, 2.05) is 19.1 Å². The van der Waals surface area contributed by atoms with E-state index in [2.05, 4.69) is 24.8 Å². The average Bonchev–Trinajstić information content (AvgIpc) is 2.36. The molecule has 0 saturated carbocycles. The smallest absolute Gasteiger partial charge is 0.304 e. The third-order valence-electron chi connectivity index (χ3n) is 3.17. The normalized spacial score (nSPS) is 10.8. The standard InChI is InChI=1S/C16H25NO3/c1-4-17(8-6-16(18)19)7-5-9-20-15-11-13(2)10-14(3)12-15/h10-12H,4-9H2,1-3H3,(H,18,19). The molecule has 20 heavy (non-hydrogen) atoms. The number of nitrogens with zero attached hydrogens (tertiary/aromatic N) is 1. The molecule has 1 rings (SSSR count). The minimum atomic E-state index is -0.741. The first-order valence-corrected chi connectivity index (χ1v) is 7.16. The van der Waals surface area contributed by atoms with Crippen LogP contribution in [0.3, 0.4) is 0 Å². The van der Waals surface area contributed by atoms with Crippen molar-refractivity contribution in [2.24, 2.45) is 0 Å². The summed E-state index contributed by atoms with van der Waals surface area (Å²) < 4.78 is 5.75. The molecule has 0 bridgehead atoms. The van der Waals surface area contributed by atoms with Crippen LogP contribution in [0.25, 0.3) is 0 Å². The Kier molecular flexibility index (Phi) is 7.09. The van der Waals surface area contributed by atoms with Gasteiger partial charge in [0.2, 0.25) is 0 Å². The maximum atomic E-state index is 10.5. The molecule has 1 N–H and O–H groups in total. The fraction of sp³-hybridized carbons (Fsp3) is 0.562. The number of aryl methyl sites for hydroxylation is 2. The third kappa shape index (κ3) is 6.57. The van der Waals surface area contributed by atoms with Crippen LogP contribution in [0.1, 0.15) is 30.9 Å². The Hall–Kier alpha value is -1.55. The molecule has 0 aromatic heterocycles. The van der Waals surface area contributed by atoms with Gasteiger partial charge < -0.3 is 14.7 Å². The number of ether oxygens (including phenoxy) is 1. The maximum Gasteiger partial charge on any atom is 0.304 e. The lowest BCUT2D eigenvalue weighted by molar-refractivity contribution is -0.137. The van der Waals surface area contributed by atoms with Crippen molar-refractivity contribution in [2.45, 2.75) is 33.6 Å². The van der Waals surface area contributed by atoms with Crippen molar-refractivity contribution in [3.05, 3.63) is 29.3 Å². The van der Waals surface area contributed by atoms with Crippen molar-refractivity contribution in [1.82, 2.24) is 4.90 Å².